The minimum absolute atomic E-state index is 0.0122. The van der Waals surface area contributed by atoms with Gasteiger partial charge in [0, 0.05) is 36.9 Å². The molecule has 7 nitrogen and oxygen atoms in total. The van der Waals surface area contributed by atoms with Crippen molar-refractivity contribution >= 4 is 41.1 Å². The zero-order chi connectivity index (χ0) is 20.6. The Morgan fingerprint density at radius 3 is 2.80 bits per heavy atom. The topological polar surface area (TPSA) is 84.4 Å². The van der Waals surface area contributed by atoms with Crippen LogP contribution in [0.2, 0.25) is 0 Å². The number of ether oxygens (including phenoxy) is 1. The summed E-state index contributed by atoms with van der Waals surface area (Å²) in [6.45, 7) is 2.34. The van der Waals surface area contributed by atoms with Crippen LogP contribution in [0.25, 0.3) is 12.2 Å². The van der Waals surface area contributed by atoms with Crippen molar-refractivity contribution in [3.05, 3.63) is 51.6 Å². The van der Waals surface area contributed by atoms with E-state index >= 15 is 0 Å². The lowest BCUT2D eigenvalue weighted by molar-refractivity contribution is -0.156. The maximum atomic E-state index is 12.6. The highest BCUT2D eigenvalue weighted by atomic mass is 32.1. The van der Waals surface area contributed by atoms with Crippen LogP contribution in [0, 0.1) is 5.41 Å². The van der Waals surface area contributed by atoms with E-state index in [9.17, 15) is 9.59 Å². The fourth-order valence-corrected chi connectivity index (χ4v) is 4.66. The van der Waals surface area contributed by atoms with Gasteiger partial charge in [-0.1, -0.05) is 5.57 Å². The molecular formula is C22H22N4O3S. The quantitative estimate of drug-likeness (QED) is 0.769. The van der Waals surface area contributed by atoms with E-state index in [1.807, 2.05) is 22.5 Å². The number of piperidine rings is 1. The average molecular weight is 423 g/mol. The monoisotopic (exact) mass is 422 g/mol. The van der Waals surface area contributed by atoms with Gasteiger partial charge in [0.1, 0.15) is 16.2 Å². The number of anilines is 1. The summed E-state index contributed by atoms with van der Waals surface area (Å²) in [5, 5.41) is 5.87. The molecule has 3 aliphatic rings. The van der Waals surface area contributed by atoms with Crippen molar-refractivity contribution in [2.24, 2.45) is 5.41 Å². The average Bonchev–Trinajstić information content (AvgIpc) is 3.24. The number of fused-ring (bicyclic) bond motifs is 1. The molecule has 154 valence electrons. The summed E-state index contributed by atoms with van der Waals surface area (Å²) >= 11 is 1.63. The number of thiazole rings is 1. The molecule has 0 bridgehead atoms. The molecule has 2 saturated heterocycles. The van der Waals surface area contributed by atoms with Gasteiger partial charge in [-0.15, -0.1) is 11.3 Å². The second-order valence-electron chi connectivity index (χ2n) is 8.01. The van der Waals surface area contributed by atoms with E-state index in [2.05, 4.69) is 21.4 Å². The van der Waals surface area contributed by atoms with Crippen LogP contribution >= 0.6 is 11.3 Å². The molecule has 8 heteroatoms. The highest BCUT2D eigenvalue weighted by Crippen LogP contribution is 2.38. The molecule has 2 aromatic heterocycles. The zero-order valence-electron chi connectivity index (χ0n) is 16.5. The van der Waals surface area contributed by atoms with Crippen molar-refractivity contribution in [3.8, 4) is 0 Å². The second kappa shape index (κ2) is 7.77. The van der Waals surface area contributed by atoms with Gasteiger partial charge in [-0.3, -0.25) is 9.59 Å². The first-order chi connectivity index (χ1) is 14.6. The summed E-state index contributed by atoms with van der Waals surface area (Å²) < 4.78 is 5.26. The van der Waals surface area contributed by atoms with Crippen LogP contribution in [0.5, 0.6) is 0 Å². The lowest BCUT2D eigenvalue weighted by Gasteiger charge is -2.42. The fraction of sp³-hybridized carbons (Fsp3) is 0.364. The highest BCUT2D eigenvalue weighted by molar-refractivity contribution is 7.10. The van der Waals surface area contributed by atoms with Crippen LogP contribution in [0.3, 0.4) is 0 Å². The lowest BCUT2D eigenvalue weighted by atomic mass is 9.76. The van der Waals surface area contributed by atoms with Gasteiger partial charge in [-0.05, 0) is 48.6 Å². The number of nitrogens with one attached hydrogen (secondary N) is 1. The Morgan fingerprint density at radius 1 is 1.27 bits per heavy atom. The molecule has 30 heavy (non-hydrogen) atoms. The van der Waals surface area contributed by atoms with Crippen LogP contribution < -0.4 is 5.32 Å². The first-order valence-corrected chi connectivity index (χ1v) is 10.9. The third kappa shape index (κ3) is 3.68. The first kappa shape index (κ1) is 19.1. The summed E-state index contributed by atoms with van der Waals surface area (Å²) in [4.78, 5) is 35.4. The van der Waals surface area contributed by atoms with Crippen LogP contribution in [0.15, 0.2) is 35.5 Å². The van der Waals surface area contributed by atoms with Gasteiger partial charge in [0.15, 0.2) is 0 Å². The van der Waals surface area contributed by atoms with E-state index in [1.54, 1.807) is 29.7 Å². The maximum absolute atomic E-state index is 12.6. The van der Waals surface area contributed by atoms with Crippen molar-refractivity contribution < 1.29 is 14.3 Å². The number of likely N-dealkylation sites (tertiary alicyclic amines) is 1. The van der Waals surface area contributed by atoms with Crippen LogP contribution in [0.1, 0.15) is 29.0 Å². The molecule has 2 fully saturated rings. The van der Waals surface area contributed by atoms with Gasteiger partial charge >= 0.3 is 0 Å². The van der Waals surface area contributed by atoms with Crippen molar-refractivity contribution in [3.63, 3.8) is 0 Å². The minimum atomic E-state index is -0.454. The van der Waals surface area contributed by atoms with Crippen molar-refractivity contribution in [1.82, 2.24) is 14.9 Å². The Hall–Kier alpha value is -2.84. The van der Waals surface area contributed by atoms with E-state index in [0.29, 0.717) is 25.5 Å². The second-order valence-corrected chi connectivity index (χ2v) is 8.94. The van der Waals surface area contributed by atoms with Crippen molar-refractivity contribution in [2.45, 2.75) is 19.3 Å². The number of carbonyl (C=O) groups excluding carboxylic acids is 2. The third-order valence-electron chi connectivity index (χ3n) is 5.90. The number of rotatable bonds is 3. The van der Waals surface area contributed by atoms with E-state index in [4.69, 9.17) is 4.74 Å². The SMILES string of the molecule is O=C(/C=C/c1cnc2c(c1)CC1(COC1)C(=O)N2)N1CCC(=Cc2nccs2)CC1. The first-order valence-electron chi connectivity index (χ1n) is 10.1. The Balaban J connectivity index is 1.21. The van der Waals surface area contributed by atoms with E-state index < -0.39 is 5.41 Å². The number of aromatic nitrogens is 2. The van der Waals surface area contributed by atoms with Gasteiger partial charge < -0.3 is 15.0 Å². The number of carbonyl (C=O) groups is 2. The number of pyridine rings is 1. The van der Waals surface area contributed by atoms with Gasteiger partial charge in [0.05, 0.1) is 13.2 Å². The molecule has 0 aromatic carbocycles. The molecular weight excluding hydrogens is 400 g/mol. The molecule has 0 unspecified atom stereocenters. The lowest BCUT2D eigenvalue weighted by Crippen LogP contribution is -2.55. The molecule has 0 aliphatic carbocycles. The Morgan fingerprint density at radius 2 is 2.10 bits per heavy atom. The molecule has 3 aliphatic heterocycles. The Labute approximate surface area is 178 Å². The Bertz CT molecular complexity index is 1030. The minimum Gasteiger partial charge on any atom is -0.379 e. The predicted molar refractivity (Wildman–Crippen MR) is 115 cm³/mol. The molecule has 1 spiro atoms. The van der Waals surface area contributed by atoms with Gasteiger partial charge in [0.2, 0.25) is 11.8 Å². The summed E-state index contributed by atoms with van der Waals surface area (Å²) in [5.74, 6) is 0.607. The third-order valence-corrected chi connectivity index (χ3v) is 6.62. The largest absolute Gasteiger partial charge is 0.379 e. The summed E-state index contributed by atoms with van der Waals surface area (Å²) in [5.41, 5.74) is 2.73. The number of amides is 2. The van der Waals surface area contributed by atoms with Crippen LogP contribution in [-0.4, -0.2) is 53.0 Å². The molecule has 0 radical (unpaired) electrons. The predicted octanol–water partition coefficient (Wildman–Crippen LogP) is 2.77. The molecule has 0 saturated carbocycles. The summed E-state index contributed by atoms with van der Waals surface area (Å²) in [6, 6.07) is 2.00. The van der Waals surface area contributed by atoms with Gasteiger partial charge in [-0.2, -0.15) is 0 Å². The molecule has 2 amide bonds. The molecule has 1 N–H and O–H groups in total. The molecule has 5 heterocycles. The fourth-order valence-electron chi connectivity index (χ4n) is 4.05. The highest BCUT2D eigenvalue weighted by Gasteiger charge is 2.49. The van der Waals surface area contributed by atoms with E-state index in [0.717, 1.165) is 42.1 Å². The van der Waals surface area contributed by atoms with Crippen molar-refractivity contribution in [1.29, 1.82) is 0 Å². The van der Waals surface area contributed by atoms with Gasteiger partial charge in [-0.25, -0.2) is 9.97 Å². The van der Waals surface area contributed by atoms with Gasteiger partial charge in [0.25, 0.3) is 0 Å². The van der Waals surface area contributed by atoms with E-state index in [-0.39, 0.29) is 11.8 Å². The number of hydrogen-bond donors (Lipinski definition) is 1. The maximum Gasteiger partial charge on any atom is 0.246 e. The summed E-state index contributed by atoms with van der Waals surface area (Å²) in [7, 11) is 0. The van der Waals surface area contributed by atoms with Crippen molar-refractivity contribution in [2.75, 3.05) is 31.6 Å². The number of nitrogens with zero attached hydrogens (tertiary/aromatic N) is 3. The number of hydrogen-bond acceptors (Lipinski definition) is 6. The van der Waals surface area contributed by atoms with Crippen LogP contribution in [0.4, 0.5) is 5.82 Å². The smallest absolute Gasteiger partial charge is 0.246 e. The normalized spacial score (nSPS) is 20.1. The van der Waals surface area contributed by atoms with Crippen LogP contribution in [-0.2, 0) is 20.7 Å². The molecule has 0 atom stereocenters. The molecule has 5 rings (SSSR count). The summed E-state index contributed by atoms with van der Waals surface area (Å²) in [6.07, 6.45) is 11.4. The molecule has 2 aromatic rings. The Kier molecular flexibility index (Phi) is 4.96. The standard InChI is InChI=1S/C22H22N4O3S/c27-19(26-6-3-15(4-7-26)10-18-23-5-8-30-18)2-1-16-9-17-11-22(13-29-14-22)21(28)25-20(17)24-12-16/h1-2,5,8-10,12H,3-4,6-7,11,13-14H2,(H,24,25,28)/b2-1+. The van der Waals surface area contributed by atoms with E-state index in [1.165, 1.54) is 5.57 Å². The zero-order valence-corrected chi connectivity index (χ0v) is 17.3.